The van der Waals surface area contributed by atoms with E-state index in [2.05, 4.69) is 6.08 Å². The SMILES string of the molecule is COc1ccccc1C1=CCCCC(=O)C1. The Labute approximate surface area is 95.9 Å². The highest BCUT2D eigenvalue weighted by molar-refractivity contribution is 5.91. The molecule has 1 aliphatic carbocycles. The first-order chi connectivity index (χ1) is 7.81. The van der Waals surface area contributed by atoms with Gasteiger partial charge in [0.05, 0.1) is 7.11 Å². The lowest BCUT2D eigenvalue weighted by molar-refractivity contribution is -0.118. The summed E-state index contributed by atoms with van der Waals surface area (Å²) in [5, 5.41) is 0. The third-order valence-electron chi connectivity index (χ3n) is 2.89. The van der Waals surface area contributed by atoms with Crippen LogP contribution in [-0.4, -0.2) is 12.9 Å². The number of methoxy groups -OCH3 is 1. The second-order valence-electron chi connectivity index (χ2n) is 4.04. The third kappa shape index (κ3) is 2.32. The molecule has 2 nitrogen and oxygen atoms in total. The Morgan fingerprint density at radius 1 is 1.25 bits per heavy atom. The maximum atomic E-state index is 11.6. The van der Waals surface area contributed by atoms with Gasteiger partial charge in [0.2, 0.25) is 0 Å². The number of rotatable bonds is 2. The number of allylic oxidation sites excluding steroid dienone is 2. The van der Waals surface area contributed by atoms with Crippen LogP contribution in [0.4, 0.5) is 0 Å². The Morgan fingerprint density at radius 3 is 2.88 bits per heavy atom. The van der Waals surface area contributed by atoms with Crippen molar-refractivity contribution >= 4 is 11.4 Å². The summed E-state index contributed by atoms with van der Waals surface area (Å²) >= 11 is 0. The van der Waals surface area contributed by atoms with Crippen molar-refractivity contribution in [3.8, 4) is 5.75 Å². The van der Waals surface area contributed by atoms with E-state index in [9.17, 15) is 4.79 Å². The molecule has 0 unspecified atom stereocenters. The molecule has 0 radical (unpaired) electrons. The number of ether oxygens (including phenoxy) is 1. The maximum Gasteiger partial charge on any atom is 0.137 e. The highest BCUT2D eigenvalue weighted by Crippen LogP contribution is 2.30. The van der Waals surface area contributed by atoms with Gasteiger partial charge < -0.3 is 4.74 Å². The van der Waals surface area contributed by atoms with Crippen LogP contribution in [0.2, 0.25) is 0 Å². The number of carbonyl (C=O) groups is 1. The number of benzene rings is 1. The predicted octanol–water partition coefficient (Wildman–Crippen LogP) is 3.22. The molecule has 1 aromatic carbocycles. The van der Waals surface area contributed by atoms with Crippen molar-refractivity contribution in [1.82, 2.24) is 0 Å². The van der Waals surface area contributed by atoms with Gasteiger partial charge in [0, 0.05) is 18.4 Å². The molecule has 2 heteroatoms. The van der Waals surface area contributed by atoms with Gasteiger partial charge in [0.25, 0.3) is 0 Å². The Balaban J connectivity index is 2.34. The minimum absolute atomic E-state index is 0.328. The molecule has 0 saturated carbocycles. The quantitative estimate of drug-likeness (QED) is 0.758. The fourth-order valence-electron chi connectivity index (χ4n) is 2.06. The molecular formula is C14H16O2. The third-order valence-corrected chi connectivity index (χ3v) is 2.89. The minimum Gasteiger partial charge on any atom is -0.496 e. The molecule has 84 valence electrons. The molecule has 0 aromatic heterocycles. The normalized spacial score (nSPS) is 16.6. The van der Waals surface area contributed by atoms with Crippen molar-refractivity contribution in [1.29, 1.82) is 0 Å². The van der Waals surface area contributed by atoms with Gasteiger partial charge in [0.1, 0.15) is 11.5 Å². The number of carbonyl (C=O) groups excluding carboxylic acids is 1. The van der Waals surface area contributed by atoms with E-state index in [-0.39, 0.29) is 0 Å². The standard InChI is InChI=1S/C14H16O2/c1-16-14-9-5-4-8-13(14)11-6-2-3-7-12(15)10-11/h4-6,8-9H,2-3,7,10H2,1H3. The van der Waals surface area contributed by atoms with Gasteiger partial charge in [-0.3, -0.25) is 4.79 Å². The molecular weight excluding hydrogens is 200 g/mol. The Kier molecular flexibility index (Phi) is 3.40. The first-order valence-corrected chi connectivity index (χ1v) is 5.65. The highest BCUT2D eigenvalue weighted by atomic mass is 16.5. The van der Waals surface area contributed by atoms with Crippen LogP contribution in [-0.2, 0) is 4.79 Å². The van der Waals surface area contributed by atoms with Crippen molar-refractivity contribution in [3.05, 3.63) is 35.9 Å². The van der Waals surface area contributed by atoms with Crippen molar-refractivity contribution < 1.29 is 9.53 Å². The average Bonchev–Trinajstić information content (AvgIpc) is 2.54. The first kappa shape index (κ1) is 10.9. The lowest BCUT2D eigenvalue weighted by Gasteiger charge is -2.10. The van der Waals surface area contributed by atoms with E-state index in [0.29, 0.717) is 18.6 Å². The summed E-state index contributed by atoms with van der Waals surface area (Å²) in [6.45, 7) is 0. The summed E-state index contributed by atoms with van der Waals surface area (Å²) in [5.41, 5.74) is 2.17. The molecule has 1 aliphatic rings. The summed E-state index contributed by atoms with van der Waals surface area (Å²) in [7, 11) is 1.66. The largest absolute Gasteiger partial charge is 0.496 e. The van der Waals surface area contributed by atoms with Crippen LogP contribution in [0.15, 0.2) is 30.3 Å². The molecule has 16 heavy (non-hydrogen) atoms. The molecule has 0 N–H and O–H groups in total. The van der Waals surface area contributed by atoms with E-state index in [0.717, 1.165) is 29.7 Å². The summed E-state index contributed by atoms with van der Waals surface area (Å²) in [6.07, 6.45) is 5.37. The Bertz CT molecular complexity index is 418. The van der Waals surface area contributed by atoms with Gasteiger partial charge in [0.15, 0.2) is 0 Å². The summed E-state index contributed by atoms with van der Waals surface area (Å²) in [6, 6.07) is 7.88. The monoisotopic (exact) mass is 216 g/mol. The molecule has 0 fully saturated rings. The molecule has 0 aliphatic heterocycles. The zero-order chi connectivity index (χ0) is 11.4. The molecule has 0 amide bonds. The minimum atomic E-state index is 0.328. The smallest absolute Gasteiger partial charge is 0.137 e. The fourth-order valence-corrected chi connectivity index (χ4v) is 2.06. The number of ketones is 1. The van der Waals surface area contributed by atoms with E-state index in [1.165, 1.54) is 0 Å². The average molecular weight is 216 g/mol. The number of para-hydroxylation sites is 1. The van der Waals surface area contributed by atoms with E-state index in [4.69, 9.17) is 4.74 Å². The van der Waals surface area contributed by atoms with Crippen LogP contribution in [0.5, 0.6) is 5.75 Å². The van der Waals surface area contributed by atoms with Gasteiger partial charge in [-0.15, -0.1) is 0 Å². The fraction of sp³-hybridized carbons (Fsp3) is 0.357. The van der Waals surface area contributed by atoms with Gasteiger partial charge in [-0.1, -0.05) is 24.3 Å². The second-order valence-corrected chi connectivity index (χ2v) is 4.04. The van der Waals surface area contributed by atoms with Crippen LogP contribution in [0.25, 0.3) is 5.57 Å². The number of hydrogen-bond acceptors (Lipinski definition) is 2. The summed E-state index contributed by atoms with van der Waals surface area (Å²) in [5.74, 6) is 1.18. The molecule has 0 bridgehead atoms. The van der Waals surface area contributed by atoms with Crippen LogP contribution in [0, 0.1) is 0 Å². The summed E-state index contributed by atoms with van der Waals surface area (Å²) in [4.78, 5) is 11.6. The molecule has 0 spiro atoms. The maximum absolute atomic E-state index is 11.6. The Hall–Kier alpha value is -1.57. The topological polar surface area (TPSA) is 26.3 Å². The van der Waals surface area contributed by atoms with E-state index in [1.807, 2.05) is 24.3 Å². The molecule has 1 aromatic rings. The molecule has 0 heterocycles. The van der Waals surface area contributed by atoms with Crippen LogP contribution in [0.3, 0.4) is 0 Å². The van der Waals surface area contributed by atoms with Crippen molar-refractivity contribution in [2.75, 3.05) is 7.11 Å². The summed E-state index contributed by atoms with van der Waals surface area (Å²) < 4.78 is 5.32. The first-order valence-electron chi connectivity index (χ1n) is 5.65. The van der Waals surface area contributed by atoms with Gasteiger partial charge >= 0.3 is 0 Å². The zero-order valence-corrected chi connectivity index (χ0v) is 9.53. The molecule has 0 atom stereocenters. The molecule has 0 saturated heterocycles. The highest BCUT2D eigenvalue weighted by Gasteiger charge is 2.14. The van der Waals surface area contributed by atoms with Crippen molar-refractivity contribution in [2.24, 2.45) is 0 Å². The van der Waals surface area contributed by atoms with Crippen molar-refractivity contribution in [2.45, 2.75) is 25.7 Å². The van der Waals surface area contributed by atoms with Crippen LogP contribution in [0.1, 0.15) is 31.2 Å². The van der Waals surface area contributed by atoms with Gasteiger partial charge in [-0.2, -0.15) is 0 Å². The van der Waals surface area contributed by atoms with Gasteiger partial charge in [-0.25, -0.2) is 0 Å². The Morgan fingerprint density at radius 2 is 2.06 bits per heavy atom. The molecule has 2 rings (SSSR count). The van der Waals surface area contributed by atoms with E-state index in [1.54, 1.807) is 7.11 Å². The van der Waals surface area contributed by atoms with Crippen molar-refractivity contribution in [3.63, 3.8) is 0 Å². The lowest BCUT2D eigenvalue weighted by Crippen LogP contribution is -1.98. The number of hydrogen-bond donors (Lipinski definition) is 0. The second kappa shape index (κ2) is 4.97. The van der Waals surface area contributed by atoms with Crippen LogP contribution >= 0.6 is 0 Å². The van der Waals surface area contributed by atoms with E-state index >= 15 is 0 Å². The zero-order valence-electron chi connectivity index (χ0n) is 9.53. The number of Topliss-reactive ketones (excluding diaryl/α,β-unsaturated/α-hetero) is 1. The lowest BCUT2D eigenvalue weighted by atomic mass is 10.00. The van der Waals surface area contributed by atoms with Crippen LogP contribution < -0.4 is 4.74 Å². The predicted molar refractivity (Wildman–Crippen MR) is 64.4 cm³/mol. The van der Waals surface area contributed by atoms with Gasteiger partial charge in [-0.05, 0) is 24.5 Å². The van der Waals surface area contributed by atoms with E-state index < -0.39 is 0 Å².